The van der Waals surface area contributed by atoms with Crippen molar-refractivity contribution in [2.24, 2.45) is 0 Å². The minimum atomic E-state index is 0.552. The molecule has 1 aliphatic heterocycles. The highest BCUT2D eigenvalue weighted by atomic mass is 15.7. The van der Waals surface area contributed by atoms with Crippen molar-refractivity contribution in [3.63, 3.8) is 0 Å². The molecule has 0 radical (unpaired) electrons. The van der Waals surface area contributed by atoms with Crippen LogP contribution in [0.4, 0.5) is 5.82 Å². The highest BCUT2D eigenvalue weighted by Crippen LogP contribution is 2.08. The molecular weight excluding hydrogens is 166 g/mol. The summed E-state index contributed by atoms with van der Waals surface area (Å²) in [7, 11) is 0. The van der Waals surface area contributed by atoms with Gasteiger partial charge in [-0.25, -0.2) is 4.98 Å². The molecule has 0 saturated carbocycles. The monoisotopic (exact) mass is 173 g/mol. The van der Waals surface area contributed by atoms with Gasteiger partial charge >= 0.3 is 0 Å². The molecule has 64 valence electrons. The molecule has 0 spiro atoms. The first-order valence-electron chi connectivity index (χ1n) is 3.74. The van der Waals surface area contributed by atoms with Crippen LogP contribution in [0.2, 0.25) is 0 Å². The number of pyridine rings is 1. The van der Waals surface area contributed by atoms with Crippen molar-refractivity contribution in [3.05, 3.63) is 36.3 Å². The molecule has 0 saturated heterocycles. The number of hydrogen-bond acceptors (Lipinski definition) is 5. The summed E-state index contributed by atoms with van der Waals surface area (Å²) in [6.07, 6.45) is 5.02. The highest BCUT2D eigenvalue weighted by Gasteiger charge is 2.06. The van der Waals surface area contributed by atoms with Gasteiger partial charge in [0.2, 0.25) is 0 Å². The van der Waals surface area contributed by atoms with Crippen molar-refractivity contribution in [2.45, 2.75) is 0 Å². The minimum absolute atomic E-state index is 0.552. The Balaban J connectivity index is 2.19. The van der Waals surface area contributed by atoms with Gasteiger partial charge in [0, 0.05) is 18.6 Å². The van der Waals surface area contributed by atoms with Gasteiger partial charge in [0.1, 0.15) is 6.07 Å². The van der Waals surface area contributed by atoms with Gasteiger partial charge in [-0.1, -0.05) is 0 Å². The summed E-state index contributed by atoms with van der Waals surface area (Å²) < 4.78 is 0. The predicted octanol–water partition coefficient (Wildman–Crippen LogP) is 0.254. The predicted molar refractivity (Wildman–Crippen MR) is 46.8 cm³/mol. The third-order valence-electron chi connectivity index (χ3n) is 1.60. The van der Waals surface area contributed by atoms with Crippen molar-refractivity contribution in [2.75, 3.05) is 5.12 Å². The summed E-state index contributed by atoms with van der Waals surface area (Å²) in [4.78, 5) is 4.07. The Morgan fingerprint density at radius 3 is 2.62 bits per heavy atom. The average molecular weight is 173 g/mol. The van der Waals surface area contributed by atoms with Crippen molar-refractivity contribution < 1.29 is 0 Å². The number of anilines is 1. The molecule has 5 nitrogen and oxygen atoms in total. The average Bonchev–Trinajstić information content (AvgIpc) is 2.71. The first-order chi connectivity index (χ1) is 6.40. The van der Waals surface area contributed by atoms with E-state index in [9.17, 15) is 0 Å². The molecular formula is C8H7N5. The lowest BCUT2D eigenvalue weighted by molar-refractivity contribution is 0.715. The summed E-state index contributed by atoms with van der Waals surface area (Å²) in [6, 6.07) is 5.48. The Morgan fingerprint density at radius 2 is 2.08 bits per heavy atom. The molecule has 13 heavy (non-hydrogen) atoms. The number of nitriles is 1. The second-order valence-electron chi connectivity index (χ2n) is 2.44. The van der Waals surface area contributed by atoms with Gasteiger partial charge in [0.15, 0.2) is 5.82 Å². The van der Waals surface area contributed by atoms with E-state index >= 15 is 0 Å². The summed E-state index contributed by atoms with van der Waals surface area (Å²) in [5.41, 5.74) is 6.36. The van der Waals surface area contributed by atoms with Crippen LogP contribution in [-0.2, 0) is 0 Å². The first kappa shape index (κ1) is 7.43. The van der Waals surface area contributed by atoms with Gasteiger partial charge in [-0.15, -0.1) is 0 Å². The van der Waals surface area contributed by atoms with E-state index in [4.69, 9.17) is 5.26 Å². The number of aromatic nitrogens is 1. The van der Waals surface area contributed by atoms with Gasteiger partial charge in [0.05, 0.1) is 5.56 Å². The molecule has 5 heteroatoms. The quantitative estimate of drug-likeness (QED) is 0.637. The van der Waals surface area contributed by atoms with E-state index in [0.29, 0.717) is 11.4 Å². The van der Waals surface area contributed by atoms with Crippen LogP contribution in [0.5, 0.6) is 0 Å². The molecule has 0 fully saturated rings. The summed E-state index contributed by atoms with van der Waals surface area (Å²) in [5, 5.41) is 10.2. The molecule has 2 N–H and O–H groups in total. The summed E-state index contributed by atoms with van der Waals surface area (Å²) in [5.74, 6) is 0.712. The highest BCUT2D eigenvalue weighted by molar-refractivity contribution is 5.41. The zero-order chi connectivity index (χ0) is 9.10. The molecule has 0 bridgehead atoms. The van der Waals surface area contributed by atoms with Crippen molar-refractivity contribution >= 4 is 5.82 Å². The van der Waals surface area contributed by atoms with E-state index in [-0.39, 0.29) is 0 Å². The number of hydrogen-bond donors (Lipinski definition) is 2. The fourth-order valence-electron chi connectivity index (χ4n) is 0.978. The topological polar surface area (TPSA) is 64.0 Å². The molecule has 0 atom stereocenters. The van der Waals surface area contributed by atoms with E-state index in [1.165, 1.54) is 6.20 Å². The minimum Gasteiger partial charge on any atom is -0.284 e. The lowest BCUT2D eigenvalue weighted by Gasteiger charge is -2.16. The van der Waals surface area contributed by atoms with Gasteiger partial charge < -0.3 is 0 Å². The van der Waals surface area contributed by atoms with Crippen LogP contribution in [0.1, 0.15) is 5.56 Å². The van der Waals surface area contributed by atoms with E-state index in [0.717, 1.165) is 0 Å². The van der Waals surface area contributed by atoms with Crippen LogP contribution in [0.25, 0.3) is 0 Å². The van der Waals surface area contributed by atoms with Crippen molar-refractivity contribution in [1.82, 2.24) is 15.8 Å². The Bertz CT molecular complexity index is 353. The van der Waals surface area contributed by atoms with Gasteiger partial charge in [-0.05, 0) is 12.1 Å². The van der Waals surface area contributed by atoms with E-state index < -0.39 is 0 Å². The van der Waals surface area contributed by atoms with Gasteiger partial charge in [0.25, 0.3) is 0 Å². The summed E-state index contributed by atoms with van der Waals surface area (Å²) in [6.45, 7) is 0. The van der Waals surface area contributed by atoms with Crippen LogP contribution < -0.4 is 16.0 Å². The fraction of sp³-hybridized carbons (Fsp3) is 0. The zero-order valence-electron chi connectivity index (χ0n) is 6.73. The first-order valence-corrected chi connectivity index (χ1v) is 3.74. The number of nitrogens with zero attached hydrogens (tertiary/aromatic N) is 3. The van der Waals surface area contributed by atoms with Crippen molar-refractivity contribution in [1.29, 1.82) is 5.26 Å². The van der Waals surface area contributed by atoms with E-state index in [1.54, 1.807) is 29.7 Å². The Morgan fingerprint density at radius 1 is 1.31 bits per heavy atom. The molecule has 0 aliphatic carbocycles. The molecule has 0 aromatic carbocycles. The van der Waals surface area contributed by atoms with Gasteiger partial charge in [-0.3, -0.25) is 10.9 Å². The van der Waals surface area contributed by atoms with Crippen LogP contribution in [0, 0.1) is 11.3 Å². The Hall–Kier alpha value is -2.22. The standard InChI is InChI=1S/C8H7N5/c9-5-7-1-2-8(10-6-7)13-11-3-4-12-13/h1-4,6,11-12H. The normalized spacial score (nSPS) is 13.3. The maximum Gasteiger partial charge on any atom is 0.169 e. The van der Waals surface area contributed by atoms with Crippen LogP contribution in [-0.4, -0.2) is 4.98 Å². The molecule has 1 aromatic heterocycles. The molecule has 0 unspecified atom stereocenters. The SMILES string of the molecule is N#Cc1ccc(N2NC=CN2)nc1. The Labute approximate surface area is 75.2 Å². The third kappa shape index (κ3) is 1.37. The number of rotatable bonds is 1. The second kappa shape index (κ2) is 3.03. The lowest BCUT2D eigenvalue weighted by Crippen LogP contribution is -2.38. The largest absolute Gasteiger partial charge is 0.284 e. The zero-order valence-corrected chi connectivity index (χ0v) is 6.73. The Kier molecular flexibility index (Phi) is 1.73. The molecule has 1 aromatic rings. The smallest absolute Gasteiger partial charge is 0.169 e. The van der Waals surface area contributed by atoms with Crippen LogP contribution in [0.3, 0.4) is 0 Å². The summed E-state index contributed by atoms with van der Waals surface area (Å²) >= 11 is 0. The van der Waals surface area contributed by atoms with E-state index in [2.05, 4.69) is 15.8 Å². The molecule has 2 heterocycles. The number of hydrazine groups is 2. The van der Waals surface area contributed by atoms with E-state index in [1.807, 2.05) is 6.07 Å². The molecule has 2 rings (SSSR count). The van der Waals surface area contributed by atoms with Crippen molar-refractivity contribution in [3.8, 4) is 6.07 Å². The second-order valence-corrected chi connectivity index (χ2v) is 2.44. The van der Waals surface area contributed by atoms with Crippen LogP contribution >= 0.6 is 0 Å². The van der Waals surface area contributed by atoms with Gasteiger partial charge in [-0.2, -0.15) is 10.4 Å². The molecule has 1 aliphatic rings. The lowest BCUT2D eigenvalue weighted by atomic mass is 10.3. The molecule has 0 amide bonds. The maximum atomic E-state index is 8.55. The third-order valence-corrected chi connectivity index (χ3v) is 1.60. The van der Waals surface area contributed by atoms with Crippen LogP contribution in [0.15, 0.2) is 30.7 Å². The number of nitrogens with one attached hydrogen (secondary N) is 2. The maximum absolute atomic E-state index is 8.55. The fourth-order valence-corrected chi connectivity index (χ4v) is 0.978.